The third-order valence-corrected chi connectivity index (χ3v) is 6.42. The quantitative estimate of drug-likeness (QED) is 0.866. The van der Waals surface area contributed by atoms with Gasteiger partial charge in [0.1, 0.15) is 0 Å². The van der Waals surface area contributed by atoms with Crippen LogP contribution in [0.3, 0.4) is 0 Å². The Kier molecular flexibility index (Phi) is 5.03. The second-order valence-corrected chi connectivity index (χ2v) is 7.55. The van der Waals surface area contributed by atoms with Gasteiger partial charge in [0.15, 0.2) is 0 Å². The maximum absolute atomic E-state index is 12.6. The fourth-order valence-corrected chi connectivity index (χ4v) is 4.70. The number of hydrogen-bond donors (Lipinski definition) is 1. The van der Waals surface area contributed by atoms with Gasteiger partial charge in [0, 0.05) is 24.7 Å². The first-order chi connectivity index (χ1) is 9.86. The molecule has 0 aromatic heterocycles. The zero-order valence-corrected chi connectivity index (χ0v) is 13.9. The molecule has 1 aliphatic rings. The summed E-state index contributed by atoms with van der Waals surface area (Å²) < 4.78 is 32.2. The van der Waals surface area contributed by atoms with Crippen molar-refractivity contribution >= 4 is 31.9 Å². The Balaban J connectivity index is 2.32. The maximum Gasteiger partial charge on any atom is 0.335 e. The van der Waals surface area contributed by atoms with Crippen LogP contribution in [0.2, 0.25) is 0 Å². The van der Waals surface area contributed by atoms with E-state index in [0.717, 1.165) is 0 Å². The number of halogens is 1. The van der Waals surface area contributed by atoms with E-state index < -0.39 is 16.0 Å². The predicted molar refractivity (Wildman–Crippen MR) is 79.9 cm³/mol. The van der Waals surface area contributed by atoms with Gasteiger partial charge in [0.2, 0.25) is 10.0 Å². The molecule has 1 aromatic rings. The van der Waals surface area contributed by atoms with Gasteiger partial charge in [-0.1, -0.05) is 0 Å². The van der Waals surface area contributed by atoms with Crippen LogP contribution in [-0.2, 0) is 14.8 Å². The van der Waals surface area contributed by atoms with Gasteiger partial charge in [0.25, 0.3) is 0 Å². The van der Waals surface area contributed by atoms with Crippen molar-refractivity contribution in [1.82, 2.24) is 4.31 Å². The number of piperidine rings is 1. The van der Waals surface area contributed by atoms with Gasteiger partial charge in [-0.2, -0.15) is 4.31 Å². The van der Waals surface area contributed by atoms with Crippen LogP contribution >= 0.6 is 15.9 Å². The molecule has 116 valence electrons. The predicted octanol–water partition coefficient (Wildman–Crippen LogP) is 1.95. The van der Waals surface area contributed by atoms with Crippen molar-refractivity contribution in [3.63, 3.8) is 0 Å². The zero-order chi connectivity index (χ0) is 15.6. The third-order valence-electron chi connectivity index (χ3n) is 3.53. The molecule has 0 bridgehead atoms. The molecule has 0 atom stereocenters. The Morgan fingerprint density at radius 2 is 2.00 bits per heavy atom. The minimum absolute atomic E-state index is 0.0155. The molecule has 0 saturated carbocycles. The smallest absolute Gasteiger partial charge is 0.335 e. The Bertz CT molecular complexity index is 638. The fourth-order valence-electron chi connectivity index (χ4n) is 2.28. The molecule has 1 aliphatic heterocycles. The molecular formula is C13H16BrNO5S. The van der Waals surface area contributed by atoms with E-state index in [4.69, 9.17) is 9.84 Å². The van der Waals surface area contributed by atoms with E-state index in [1.54, 1.807) is 7.11 Å². The summed E-state index contributed by atoms with van der Waals surface area (Å²) in [5, 5.41) is 9.00. The highest BCUT2D eigenvalue weighted by Gasteiger charge is 2.31. The molecule has 1 aromatic carbocycles. The molecule has 1 N–H and O–H groups in total. The Labute approximate surface area is 131 Å². The Morgan fingerprint density at radius 1 is 1.38 bits per heavy atom. The summed E-state index contributed by atoms with van der Waals surface area (Å²) in [6.45, 7) is 0.731. The molecule has 1 saturated heterocycles. The van der Waals surface area contributed by atoms with Crippen molar-refractivity contribution in [1.29, 1.82) is 0 Å². The molecule has 0 amide bonds. The summed E-state index contributed by atoms with van der Waals surface area (Å²) in [7, 11) is -2.10. The van der Waals surface area contributed by atoms with E-state index in [1.807, 2.05) is 0 Å². The molecule has 0 unspecified atom stereocenters. The molecule has 0 aliphatic carbocycles. The van der Waals surface area contributed by atoms with Crippen molar-refractivity contribution in [3.8, 4) is 0 Å². The van der Waals surface area contributed by atoms with Gasteiger partial charge in [-0.15, -0.1) is 0 Å². The summed E-state index contributed by atoms with van der Waals surface area (Å²) in [5.41, 5.74) is -0.0523. The first-order valence-corrected chi connectivity index (χ1v) is 8.65. The number of hydrogen-bond acceptors (Lipinski definition) is 4. The van der Waals surface area contributed by atoms with E-state index >= 15 is 0 Å². The van der Waals surface area contributed by atoms with Crippen LogP contribution in [0.4, 0.5) is 0 Å². The van der Waals surface area contributed by atoms with Crippen LogP contribution in [0.1, 0.15) is 23.2 Å². The highest BCUT2D eigenvalue weighted by Crippen LogP contribution is 2.28. The number of rotatable bonds is 4. The van der Waals surface area contributed by atoms with E-state index in [2.05, 4.69) is 15.9 Å². The summed E-state index contributed by atoms with van der Waals surface area (Å²) in [6, 6.07) is 3.99. The van der Waals surface area contributed by atoms with Crippen molar-refractivity contribution < 1.29 is 23.1 Å². The number of benzene rings is 1. The number of carboxylic acid groups (broad SMARTS) is 1. The van der Waals surface area contributed by atoms with E-state index in [-0.39, 0.29) is 16.6 Å². The van der Waals surface area contributed by atoms with E-state index in [1.165, 1.54) is 22.5 Å². The molecule has 6 nitrogen and oxygen atoms in total. The van der Waals surface area contributed by atoms with Gasteiger partial charge in [-0.3, -0.25) is 0 Å². The van der Waals surface area contributed by atoms with Crippen LogP contribution < -0.4 is 0 Å². The molecule has 0 radical (unpaired) electrons. The summed E-state index contributed by atoms with van der Waals surface area (Å²) >= 11 is 3.18. The number of aromatic carboxylic acids is 1. The molecule has 0 spiro atoms. The van der Waals surface area contributed by atoms with Crippen LogP contribution in [-0.4, -0.2) is 50.1 Å². The minimum atomic E-state index is -3.71. The van der Waals surface area contributed by atoms with Gasteiger partial charge < -0.3 is 9.84 Å². The van der Waals surface area contributed by atoms with Gasteiger partial charge in [-0.25, -0.2) is 13.2 Å². The monoisotopic (exact) mass is 377 g/mol. The largest absolute Gasteiger partial charge is 0.478 e. The number of nitrogens with zero attached hydrogens (tertiary/aromatic N) is 1. The standard InChI is InChI=1S/C13H16BrNO5S/c1-20-10-4-6-15(7-5-10)21(18,19)12-8-9(13(16)17)2-3-11(12)14/h2-3,8,10H,4-7H2,1H3,(H,16,17). The lowest BCUT2D eigenvalue weighted by Gasteiger charge is -2.30. The van der Waals surface area contributed by atoms with Crippen molar-refractivity contribution in [2.24, 2.45) is 0 Å². The van der Waals surface area contributed by atoms with Gasteiger partial charge >= 0.3 is 5.97 Å². The van der Waals surface area contributed by atoms with Crippen LogP contribution in [0, 0.1) is 0 Å². The highest BCUT2D eigenvalue weighted by atomic mass is 79.9. The van der Waals surface area contributed by atoms with Gasteiger partial charge in [0.05, 0.1) is 16.6 Å². The molecular weight excluding hydrogens is 362 g/mol. The average Bonchev–Trinajstić information content (AvgIpc) is 2.47. The van der Waals surface area contributed by atoms with Crippen LogP contribution in [0.5, 0.6) is 0 Å². The second kappa shape index (κ2) is 6.43. The minimum Gasteiger partial charge on any atom is -0.478 e. The third kappa shape index (κ3) is 3.45. The maximum atomic E-state index is 12.6. The molecule has 8 heteroatoms. The molecule has 1 heterocycles. The SMILES string of the molecule is COC1CCN(S(=O)(=O)c2cc(C(=O)O)ccc2Br)CC1. The highest BCUT2D eigenvalue weighted by molar-refractivity contribution is 9.10. The first kappa shape index (κ1) is 16.4. The number of sulfonamides is 1. The van der Waals surface area contributed by atoms with E-state index in [0.29, 0.717) is 30.4 Å². The molecule has 21 heavy (non-hydrogen) atoms. The lowest BCUT2D eigenvalue weighted by Crippen LogP contribution is -2.40. The topological polar surface area (TPSA) is 83.9 Å². The van der Waals surface area contributed by atoms with Crippen LogP contribution in [0.15, 0.2) is 27.6 Å². The summed E-state index contributed by atoms with van der Waals surface area (Å²) in [5.74, 6) is -1.16. The lowest BCUT2D eigenvalue weighted by atomic mass is 10.1. The molecule has 1 fully saturated rings. The lowest BCUT2D eigenvalue weighted by molar-refractivity contribution is 0.0604. The Hall–Kier alpha value is -0.960. The van der Waals surface area contributed by atoms with E-state index in [9.17, 15) is 13.2 Å². The first-order valence-electron chi connectivity index (χ1n) is 6.42. The van der Waals surface area contributed by atoms with Crippen molar-refractivity contribution in [2.45, 2.75) is 23.8 Å². The number of carbonyl (C=O) groups is 1. The van der Waals surface area contributed by atoms with Crippen molar-refractivity contribution in [3.05, 3.63) is 28.2 Å². The average molecular weight is 378 g/mol. The Morgan fingerprint density at radius 3 is 2.52 bits per heavy atom. The van der Waals surface area contributed by atoms with Gasteiger partial charge in [-0.05, 0) is 47.0 Å². The van der Waals surface area contributed by atoms with Crippen LogP contribution in [0.25, 0.3) is 0 Å². The zero-order valence-electron chi connectivity index (χ0n) is 11.5. The number of carboxylic acids is 1. The second-order valence-electron chi connectivity index (χ2n) is 4.79. The fraction of sp³-hybridized carbons (Fsp3) is 0.462. The summed E-state index contributed by atoms with van der Waals surface area (Å²) in [4.78, 5) is 11.0. The van der Waals surface area contributed by atoms with Crippen molar-refractivity contribution in [2.75, 3.05) is 20.2 Å². The summed E-state index contributed by atoms with van der Waals surface area (Å²) in [6.07, 6.45) is 1.34. The number of ether oxygens (including phenoxy) is 1. The normalized spacial score (nSPS) is 17.8. The number of methoxy groups -OCH3 is 1. The molecule has 2 rings (SSSR count).